The van der Waals surface area contributed by atoms with Crippen LogP contribution in [0.15, 0.2) is 0 Å². The molecule has 0 heterocycles. The van der Waals surface area contributed by atoms with E-state index < -0.39 is 6.10 Å². The van der Waals surface area contributed by atoms with Crippen molar-refractivity contribution in [3.8, 4) is 0 Å². The Bertz CT molecular complexity index is 119. The standard InChI is InChI=1S/C8H16O3/c1-3-6(5-9)8(11)7(10)4-2/h6,8-9,11H,3-5H2,1-2H3. The number of rotatable bonds is 5. The highest BCUT2D eigenvalue weighted by Crippen LogP contribution is 2.09. The van der Waals surface area contributed by atoms with Crippen molar-refractivity contribution in [2.45, 2.75) is 32.8 Å². The number of carbonyl (C=O) groups excluding carboxylic acids is 1. The second kappa shape index (κ2) is 5.27. The van der Waals surface area contributed by atoms with E-state index in [-0.39, 0.29) is 18.3 Å². The molecule has 0 spiro atoms. The third kappa shape index (κ3) is 2.99. The van der Waals surface area contributed by atoms with Gasteiger partial charge in [0.1, 0.15) is 6.10 Å². The molecule has 0 rings (SSSR count). The Balaban J connectivity index is 3.97. The maximum atomic E-state index is 10.9. The van der Waals surface area contributed by atoms with Crippen LogP contribution in [0.1, 0.15) is 26.7 Å². The van der Waals surface area contributed by atoms with E-state index in [9.17, 15) is 9.90 Å². The van der Waals surface area contributed by atoms with E-state index in [1.807, 2.05) is 6.92 Å². The minimum atomic E-state index is -0.977. The van der Waals surface area contributed by atoms with Gasteiger partial charge in [-0.15, -0.1) is 0 Å². The van der Waals surface area contributed by atoms with Crippen molar-refractivity contribution < 1.29 is 15.0 Å². The molecule has 2 atom stereocenters. The van der Waals surface area contributed by atoms with Crippen molar-refractivity contribution in [1.82, 2.24) is 0 Å². The summed E-state index contributed by atoms with van der Waals surface area (Å²) >= 11 is 0. The van der Waals surface area contributed by atoms with Crippen molar-refractivity contribution >= 4 is 5.78 Å². The summed E-state index contributed by atoms with van der Waals surface area (Å²) in [4.78, 5) is 10.9. The van der Waals surface area contributed by atoms with Crippen LogP contribution in [0.5, 0.6) is 0 Å². The molecule has 2 N–H and O–H groups in total. The van der Waals surface area contributed by atoms with Crippen molar-refractivity contribution in [3.63, 3.8) is 0 Å². The van der Waals surface area contributed by atoms with Gasteiger partial charge in [-0.05, 0) is 6.42 Å². The fourth-order valence-corrected chi connectivity index (χ4v) is 0.924. The Morgan fingerprint density at radius 2 is 2.00 bits per heavy atom. The smallest absolute Gasteiger partial charge is 0.161 e. The molecule has 0 bridgehead atoms. The summed E-state index contributed by atoms with van der Waals surface area (Å²) in [5, 5.41) is 18.0. The molecule has 0 aliphatic carbocycles. The Kier molecular flexibility index (Phi) is 5.07. The number of Topliss-reactive ketones (excluding diaryl/α,β-unsaturated/α-hetero) is 1. The molecule has 0 amide bonds. The molecule has 0 aliphatic heterocycles. The SMILES string of the molecule is CCC(=O)C(O)C(CC)CO. The first kappa shape index (κ1) is 10.6. The van der Waals surface area contributed by atoms with Crippen LogP contribution in [-0.4, -0.2) is 28.7 Å². The van der Waals surface area contributed by atoms with E-state index in [0.717, 1.165) is 0 Å². The van der Waals surface area contributed by atoms with Crippen molar-refractivity contribution in [2.24, 2.45) is 5.92 Å². The predicted octanol–water partition coefficient (Wildman–Crippen LogP) is 0.345. The lowest BCUT2D eigenvalue weighted by molar-refractivity contribution is -0.130. The molecule has 2 unspecified atom stereocenters. The number of aliphatic hydroxyl groups is 2. The third-order valence-corrected chi connectivity index (χ3v) is 1.88. The van der Waals surface area contributed by atoms with Gasteiger partial charge in [-0.25, -0.2) is 0 Å². The summed E-state index contributed by atoms with van der Waals surface area (Å²) in [7, 11) is 0. The largest absolute Gasteiger partial charge is 0.396 e. The van der Waals surface area contributed by atoms with Gasteiger partial charge in [-0.3, -0.25) is 4.79 Å². The molecule has 0 aromatic rings. The summed E-state index contributed by atoms with van der Waals surface area (Å²) in [6.07, 6.45) is -0.0175. The highest BCUT2D eigenvalue weighted by molar-refractivity contribution is 5.82. The zero-order valence-corrected chi connectivity index (χ0v) is 7.08. The van der Waals surface area contributed by atoms with Gasteiger partial charge in [-0.2, -0.15) is 0 Å². The zero-order valence-electron chi connectivity index (χ0n) is 7.08. The first-order valence-electron chi connectivity index (χ1n) is 3.98. The number of aliphatic hydroxyl groups excluding tert-OH is 2. The Morgan fingerprint density at radius 3 is 2.27 bits per heavy atom. The van der Waals surface area contributed by atoms with E-state index in [0.29, 0.717) is 12.8 Å². The van der Waals surface area contributed by atoms with Crippen LogP contribution in [0.4, 0.5) is 0 Å². The Labute approximate surface area is 67.0 Å². The molecular weight excluding hydrogens is 144 g/mol. The van der Waals surface area contributed by atoms with Gasteiger partial charge in [0.15, 0.2) is 5.78 Å². The molecule has 11 heavy (non-hydrogen) atoms. The fourth-order valence-electron chi connectivity index (χ4n) is 0.924. The average molecular weight is 160 g/mol. The predicted molar refractivity (Wildman–Crippen MR) is 42.2 cm³/mol. The summed E-state index contributed by atoms with van der Waals surface area (Å²) in [5.41, 5.74) is 0. The van der Waals surface area contributed by atoms with Crippen LogP contribution in [0.2, 0.25) is 0 Å². The van der Waals surface area contributed by atoms with Gasteiger partial charge < -0.3 is 10.2 Å². The second-order valence-electron chi connectivity index (χ2n) is 2.62. The number of ketones is 1. The molecule has 0 aromatic carbocycles. The average Bonchev–Trinajstić information content (AvgIpc) is 2.05. The van der Waals surface area contributed by atoms with Crippen molar-refractivity contribution in [3.05, 3.63) is 0 Å². The molecule has 66 valence electrons. The van der Waals surface area contributed by atoms with Gasteiger partial charge in [0.05, 0.1) is 0 Å². The first-order chi connectivity index (χ1) is 5.17. The van der Waals surface area contributed by atoms with E-state index in [1.165, 1.54) is 0 Å². The highest BCUT2D eigenvalue weighted by atomic mass is 16.3. The van der Waals surface area contributed by atoms with E-state index in [1.54, 1.807) is 6.92 Å². The number of carbonyl (C=O) groups is 1. The molecule has 0 aliphatic rings. The number of hydrogen-bond donors (Lipinski definition) is 2. The van der Waals surface area contributed by atoms with Crippen LogP contribution in [0.3, 0.4) is 0 Å². The Morgan fingerprint density at radius 1 is 1.45 bits per heavy atom. The van der Waals surface area contributed by atoms with Crippen LogP contribution in [-0.2, 0) is 4.79 Å². The molecule has 0 saturated heterocycles. The lowest BCUT2D eigenvalue weighted by Crippen LogP contribution is -2.30. The third-order valence-electron chi connectivity index (χ3n) is 1.88. The molecular formula is C8H16O3. The fraction of sp³-hybridized carbons (Fsp3) is 0.875. The van der Waals surface area contributed by atoms with Crippen LogP contribution >= 0.6 is 0 Å². The lowest BCUT2D eigenvalue weighted by atomic mass is 9.96. The van der Waals surface area contributed by atoms with Crippen LogP contribution < -0.4 is 0 Å². The molecule has 0 radical (unpaired) electrons. The van der Waals surface area contributed by atoms with Gasteiger partial charge in [0.25, 0.3) is 0 Å². The Hall–Kier alpha value is -0.410. The van der Waals surface area contributed by atoms with E-state index in [4.69, 9.17) is 5.11 Å². The van der Waals surface area contributed by atoms with Crippen molar-refractivity contribution in [2.75, 3.05) is 6.61 Å². The monoisotopic (exact) mass is 160 g/mol. The molecule has 3 heteroatoms. The van der Waals surface area contributed by atoms with Gasteiger partial charge in [0, 0.05) is 18.9 Å². The summed E-state index contributed by atoms with van der Waals surface area (Å²) in [6.45, 7) is 3.42. The zero-order chi connectivity index (χ0) is 8.85. The normalized spacial score (nSPS) is 16.0. The van der Waals surface area contributed by atoms with Crippen molar-refractivity contribution in [1.29, 1.82) is 0 Å². The summed E-state index contributed by atoms with van der Waals surface area (Å²) in [5.74, 6) is -0.478. The molecule has 0 saturated carbocycles. The molecule has 3 nitrogen and oxygen atoms in total. The summed E-state index contributed by atoms with van der Waals surface area (Å²) < 4.78 is 0. The quantitative estimate of drug-likeness (QED) is 0.610. The lowest BCUT2D eigenvalue weighted by Gasteiger charge is -2.16. The topological polar surface area (TPSA) is 57.5 Å². The molecule has 0 fully saturated rings. The maximum Gasteiger partial charge on any atom is 0.161 e. The van der Waals surface area contributed by atoms with Crippen LogP contribution in [0, 0.1) is 5.92 Å². The van der Waals surface area contributed by atoms with Crippen LogP contribution in [0.25, 0.3) is 0 Å². The summed E-state index contributed by atoms with van der Waals surface area (Å²) in [6, 6.07) is 0. The maximum absolute atomic E-state index is 10.9. The first-order valence-corrected chi connectivity index (χ1v) is 3.98. The van der Waals surface area contributed by atoms with E-state index >= 15 is 0 Å². The minimum absolute atomic E-state index is 0.122. The van der Waals surface area contributed by atoms with E-state index in [2.05, 4.69) is 0 Å². The minimum Gasteiger partial charge on any atom is -0.396 e. The van der Waals surface area contributed by atoms with Gasteiger partial charge in [-0.1, -0.05) is 13.8 Å². The second-order valence-corrected chi connectivity index (χ2v) is 2.62. The highest BCUT2D eigenvalue weighted by Gasteiger charge is 2.21. The van der Waals surface area contributed by atoms with Gasteiger partial charge >= 0.3 is 0 Å². The molecule has 0 aromatic heterocycles. The number of hydrogen-bond acceptors (Lipinski definition) is 3. The van der Waals surface area contributed by atoms with Gasteiger partial charge in [0.2, 0.25) is 0 Å².